The van der Waals surface area contributed by atoms with Gasteiger partial charge in [-0.2, -0.15) is 0 Å². The average molecular weight is 371 g/mol. The van der Waals surface area contributed by atoms with Crippen molar-refractivity contribution in [2.75, 3.05) is 14.2 Å². The Morgan fingerprint density at radius 1 is 1.15 bits per heavy atom. The van der Waals surface area contributed by atoms with Crippen molar-refractivity contribution in [3.63, 3.8) is 0 Å². The summed E-state index contributed by atoms with van der Waals surface area (Å²) in [6.07, 6.45) is 2.32. The zero-order valence-corrected chi connectivity index (χ0v) is 15.4. The number of benzene rings is 2. The van der Waals surface area contributed by atoms with Crippen LogP contribution in [0.2, 0.25) is 0 Å². The smallest absolute Gasteiger partial charge is 0.341 e. The lowest BCUT2D eigenvalue weighted by Crippen LogP contribution is -2.49. The highest BCUT2D eigenvalue weighted by molar-refractivity contribution is 5.93. The third-order valence-corrected chi connectivity index (χ3v) is 5.14. The van der Waals surface area contributed by atoms with Crippen LogP contribution in [0.4, 0.5) is 4.39 Å². The highest BCUT2D eigenvalue weighted by Gasteiger charge is 2.45. The van der Waals surface area contributed by atoms with E-state index in [-0.39, 0.29) is 18.3 Å². The van der Waals surface area contributed by atoms with E-state index in [0.717, 1.165) is 12.0 Å². The van der Waals surface area contributed by atoms with Crippen molar-refractivity contribution in [1.29, 1.82) is 0 Å². The molecule has 2 aromatic carbocycles. The van der Waals surface area contributed by atoms with Gasteiger partial charge in [-0.05, 0) is 48.2 Å². The molecule has 0 unspecified atom stereocenters. The quantitative estimate of drug-likeness (QED) is 0.791. The normalized spacial score (nSPS) is 14.8. The second kappa shape index (κ2) is 7.78. The minimum atomic E-state index is -0.681. The van der Waals surface area contributed by atoms with E-state index in [1.54, 1.807) is 30.3 Å². The number of esters is 1. The number of methoxy groups -OCH3 is 2. The highest BCUT2D eigenvalue weighted by atomic mass is 19.1. The molecule has 3 rings (SSSR count). The van der Waals surface area contributed by atoms with Crippen LogP contribution in [0.25, 0.3) is 0 Å². The van der Waals surface area contributed by atoms with Crippen LogP contribution < -0.4 is 10.1 Å². The summed E-state index contributed by atoms with van der Waals surface area (Å²) < 4.78 is 23.6. The van der Waals surface area contributed by atoms with Gasteiger partial charge in [-0.15, -0.1) is 0 Å². The minimum absolute atomic E-state index is 0.130. The Hall–Kier alpha value is -2.89. The lowest BCUT2D eigenvalue weighted by atomic mass is 9.64. The Morgan fingerprint density at radius 2 is 1.93 bits per heavy atom. The number of ether oxygens (including phenoxy) is 2. The van der Waals surface area contributed by atoms with Crippen LogP contribution in [0.5, 0.6) is 5.75 Å². The molecule has 0 atom stereocenters. The molecular weight excluding hydrogens is 349 g/mol. The largest absolute Gasteiger partial charge is 0.496 e. The molecular formula is C21H22FNO4. The Bertz CT molecular complexity index is 861. The lowest BCUT2D eigenvalue weighted by Gasteiger charge is -2.40. The van der Waals surface area contributed by atoms with Gasteiger partial charge in [-0.1, -0.05) is 24.6 Å². The summed E-state index contributed by atoms with van der Waals surface area (Å²) in [6.45, 7) is 0.254. The number of hydrogen-bond donors (Lipinski definition) is 1. The maximum absolute atomic E-state index is 13.6. The van der Waals surface area contributed by atoms with E-state index in [4.69, 9.17) is 9.47 Å². The predicted octanol–water partition coefficient (Wildman–Crippen LogP) is 3.36. The van der Waals surface area contributed by atoms with E-state index in [1.165, 1.54) is 26.4 Å². The molecule has 5 nitrogen and oxygen atoms in total. The predicted molar refractivity (Wildman–Crippen MR) is 98.1 cm³/mol. The summed E-state index contributed by atoms with van der Waals surface area (Å²) in [5.74, 6) is -0.568. The Kier molecular flexibility index (Phi) is 5.44. The number of nitrogens with one attached hydrogen (secondary N) is 1. The third-order valence-electron chi connectivity index (χ3n) is 5.14. The van der Waals surface area contributed by atoms with Gasteiger partial charge in [0.15, 0.2) is 0 Å². The molecule has 1 saturated carbocycles. The molecule has 142 valence electrons. The van der Waals surface area contributed by atoms with Crippen LogP contribution in [0.15, 0.2) is 42.5 Å². The van der Waals surface area contributed by atoms with Crippen LogP contribution in [0.3, 0.4) is 0 Å². The van der Waals surface area contributed by atoms with Crippen molar-refractivity contribution in [2.45, 2.75) is 31.2 Å². The molecule has 0 radical (unpaired) electrons. The van der Waals surface area contributed by atoms with Crippen molar-refractivity contribution in [3.8, 4) is 5.75 Å². The Morgan fingerprint density at radius 3 is 2.52 bits per heavy atom. The highest BCUT2D eigenvalue weighted by Crippen LogP contribution is 2.44. The monoisotopic (exact) mass is 371 g/mol. The van der Waals surface area contributed by atoms with Gasteiger partial charge in [0, 0.05) is 6.54 Å². The van der Waals surface area contributed by atoms with Gasteiger partial charge in [0.25, 0.3) is 0 Å². The zero-order valence-electron chi connectivity index (χ0n) is 15.4. The first-order valence-electron chi connectivity index (χ1n) is 8.80. The third kappa shape index (κ3) is 3.65. The number of amides is 1. The molecule has 27 heavy (non-hydrogen) atoms. The Balaban J connectivity index is 1.76. The van der Waals surface area contributed by atoms with E-state index in [2.05, 4.69) is 5.32 Å². The van der Waals surface area contributed by atoms with Gasteiger partial charge in [-0.25, -0.2) is 9.18 Å². The fourth-order valence-electron chi connectivity index (χ4n) is 3.45. The van der Waals surface area contributed by atoms with Crippen LogP contribution in [0.1, 0.15) is 40.7 Å². The summed E-state index contributed by atoms with van der Waals surface area (Å²) in [5, 5.41) is 2.93. The van der Waals surface area contributed by atoms with Crippen LogP contribution in [-0.4, -0.2) is 26.1 Å². The maximum atomic E-state index is 13.6. The van der Waals surface area contributed by atoms with Crippen molar-refractivity contribution in [2.24, 2.45) is 0 Å². The van der Waals surface area contributed by atoms with Crippen molar-refractivity contribution >= 4 is 11.9 Å². The van der Waals surface area contributed by atoms with E-state index in [9.17, 15) is 14.0 Å². The second-order valence-corrected chi connectivity index (χ2v) is 6.65. The molecule has 6 heteroatoms. The van der Waals surface area contributed by atoms with Gasteiger partial charge in [0.05, 0.1) is 19.6 Å². The molecule has 1 fully saturated rings. The van der Waals surface area contributed by atoms with Gasteiger partial charge in [-0.3, -0.25) is 4.79 Å². The van der Waals surface area contributed by atoms with Crippen molar-refractivity contribution in [1.82, 2.24) is 5.32 Å². The van der Waals surface area contributed by atoms with E-state index < -0.39 is 11.4 Å². The average Bonchev–Trinajstić information content (AvgIpc) is 2.64. The molecule has 0 saturated heterocycles. The summed E-state index contributed by atoms with van der Waals surface area (Å²) in [6, 6.07) is 11.3. The van der Waals surface area contributed by atoms with Gasteiger partial charge in [0.2, 0.25) is 5.91 Å². The van der Waals surface area contributed by atoms with E-state index >= 15 is 0 Å². The number of rotatable bonds is 6. The van der Waals surface area contributed by atoms with Gasteiger partial charge in [0.1, 0.15) is 17.1 Å². The first-order valence-corrected chi connectivity index (χ1v) is 8.80. The van der Waals surface area contributed by atoms with Crippen LogP contribution in [0, 0.1) is 5.82 Å². The number of carbonyl (C=O) groups excluding carboxylic acids is 2. The molecule has 1 aliphatic rings. The van der Waals surface area contributed by atoms with Crippen LogP contribution >= 0.6 is 0 Å². The number of halogens is 1. The van der Waals surface area contributed by atoms with Crippen LogP contribution in [-0.2, 0) is 21.5 Å². The fourth-order valence-corrected chi connectivity index (χ4v) is 3.45. The molecule has 1 amide bonds. The SMILES string of the molecule is COC(=O)c1cc(CNC(=O)C2(c3cccc(F)c3)CCC2)ccc1OC. The number of hydrogen-bond acceptors (Lipinski definition) is 4. The molecule has 0 aliphatic heterocycles. The molecule has 0 aromatic heterocycles. The van der Waals surface area contributed by atoms with Gasteiger partial charge >= 0.3 is 5.97 Å². The first kappa shape index (κ1) is 18.9. The zero-order chi connectivity index (χ0) is 19.4. The first-order chi connectivity index (χ1) is 13.0. The summed E-state index contributed by atoms with van der Waals surface area (Å²) in [7, 11) is 2.78. The Labute approximate surface area is 157 Å². The number of carbonyl (C=O) groups is 2. The second-order valence-electron chi connectivity index (χ2n) is 6.65. The molecule has 2 aromatic rings. The molecule has 0 bridgehead atoms. The molecule has 0 spiro atoms. The molecule has 1 aliphatic carbocycles. The van der Waals surface area contributed by atoms with Gasteiger partial charge < -0.3 is 14.8 Å². The minimum Gasteiger partial charge on any atom is -0.496 e. The summed E-state index contributed by atoms with van der Waals surface area (Å²) >= 11 is 0. The van der Waals surface area contributed by atoms with Crippen molar-refractivity contribution in [3.05, 3.63) is 65.0 Å². The fraction of sp³-hybridized carbons (Fsp3) is 0.333. The topological polar surface area (TPSA) is 64.6 Å². The van der Waals surface area contributed by atoms with Crippen molar-refractivity contribution < 1.29 is 23.5 Å². The molecule has 0 heterocycles. The maximum Gasteiger partial charge on any atom is 0.341 e. The molecule has 1 N–H and O–H groups in total. The van der Waals surface area contributed by atoms with E-state index in [1.807, 2.05) is 0 Å². The lowest BCUT2D eigenvalue weighted by molar-refractivity contribution is -0.130. The summed E-state index contributed by atoms with van der Waals surface area (Å²) in [4.78, 5) is 24.8. The standard InChI is InChI=1S/C21H22FNO4/c1-26-18-8-7-14(11-17(18)19(24)27-2)13-23-20(25)21(9-4-10-21)15-5-3-6-16(22)12-15/h3,5-8,11-12H,4,9-10,13H2,1-2H3,(H,23,25). The summed E-state index contributed by atoms with van der Waals surface area (Å²) in [5.41, 5.74) is 1.07. The van der Waals surface area contributed by atoms with E-state index in [0.29, 0.717) is 29.7 Å².